The monoisotopic (exact) mass is 234 g/mol. The van der Waals surface area contributed by atoms with Gasteiger partial charge < -0.3 is 9.47 Å². The first-order valence-corrected chi connectivity index (χ1v) is 5.59. The lowest BCUT2D eigenvalue weighted by atomic mass is 10.2. The third kappa shape index (κ3) is 5.31. The zero-order chi connectivity index (χ0) is 12.5. The van der Waals surface area contributed by atoms with Crippen LogP contribution in [0.5, 0.6) is 5.75 Å². The maximum Gasteiger partial charge on any atom is 0.142 e. The van der Waals surface area contributed by atoms with E-state index in [1.807, 2.05) is 37.3 Å². The van der Waals surface area contributed by atoms with E-state index in [0.717, 1.165) is 17.6 Å². The first-order chi connectivity index (χ1) is 8.26. The summed E-state index contributed by atoms with van der Waals surface area (Å²) in [6, 6.07) is 7.78. The Balaban J connectivity index is 2.30. The summed E-state index contributed by atoms with van der Waals surface area (Å²) >= 11 is 0. The lowest BCUT2D eigenvalue weighted by molar-refractivity contribution is -0.104. The van der Waals surface area contributed by atoms with Gasteiger partial charge in [-0.1, -0.05) is 25.1 Å². The van der Waals surface area contributed by atoms with E-state index in [1.165, 1.54) is 6.08 Å². The molecule has 0 aromatic heterocycles. The fourth-order valence-corrected chi connectivity index (χ4v) is 1.38. The van der Waals surface area contributed by atoms with Gasteiger partial charge in [0.15, 0.2) is 0 Å². The minimum absolute atomic E-state index is 0.249. The van der Waals surface area contributed by atoms with Gasteiger partial charge in [-0.2, -0.15) is 0 Å². The minimum Gasteiger partial charge on any atom is -0.497 e. The summed E-state index contributed by atoms with van der Waals surface area (Å²) in [6.07, 6.45) is 4.11. The van der Waals surface area contributed by atoms with Gasteiger partial charge in [-0.25, -0.2) is 0 Å². The van der Waals surface area contributed by atoms with Crippen LogP contribution in [0.2, 0.25) is 0 Å². The SMILES string of the molecule is COc1ccc(COCC(C)/C=C\C=O)cc1. The topological polar surface area (TPSA) is 35.5 Å². The summed E-state index contributed by atoms with van der Waals surface area (Å²) < 4.78 is 10.6. The van der Waals surface area contributed by atoms with Crippen molar-refractivity contribution in [2.75, 3.05) is 13.7 Å². The maximum atomic E-state index is 10.1. The molecule has 0 radical (unpaired) electrons. The standard InChI is InChI=1S/C14H18O3/c1-12(4-3-9-15)10-17-11-13-5-7-14(16-2)8-6-13/h3-9,12H,10-11H2,1-2H3/b4-3-. The zero-order valence-corrected chi connectivity index (χ0v) is 10.3. The van der Waals surface area contributed by atoms with Crippen molar-refractivity contribution in [1.82, 2.24) is 0 Å². The van der Waals surface area contributed by atoms with Gasteiger partial charge in [0.2, 0.25) is 0 Å². The molecule has 0 fully saturated rings. The molecule has 0 aliphatic carbocycles. The van der Waals surface area contributed by atoms with Crippen LogP contribution in [0, 0.1) is 5.92 Å². The number of methoxy groups -OCH3 is 1. The molecular weight excluding hydrogens is 216 g/mol. The van der Waals surface area contributed by atoms with Gasteiger partial charge in [-0.05, 0) is 29.7 Å². The molecule has 17 heavy (non-hydrogen) atoms. The summed E-state index contributed by atoms with van der Waals surface area (Å²) in [5.41, 5.74) is 1.11. The largest absolute Gasteiger partial charge is 0.497 e. The maximum absolute atomic E-state index is 10.1. The molecule has 1 unspecified atom stereocenters. The lowest BCUT2D eigenvalue weighted by Crippen LogP contribution is -2.03. The molecule has 0 spiro atoms. The molecule has 0 heterocycles. The van der Waals surface area contributed by atoms with Crippen LogP contribution in [0.15, 0.2) is 36.4 Å². The van der Waals surface area contributed by atoms with Crippen LogP contribution < -0.4 is 4.74 Å². The second kappa shape index (κ2) is 7.63. The molecule has 0 amide bonds. The highest BCUT2D eigenvalue weighted by Crippen LogP contribution is 2.12. The third-order valence-electron chi connectivity index (χ3n) is 2.33. The minimum atomic E-state index is 0.249. The molecule has 0 bridgehead atoms. The number of hydrogen-bond donors (Lipinski definition) is 0. The summed E-state index contributed by atoms with van der Waals surface area (Å²) in [4.78, 5) is 10.1. The van der Waals surface area contributed by atoms with E-state index in [9.17, 15) is 4.79 Å². The van der Waals surface area contributed by atoms with Crippen molar-refractivity contribution >= 4 is 6.29 Å². The number of aldehydes is 1. The van der Waals surface area contributed by atoms with Crippen LogP contribution in [0.4, 0.5) is 0 Å². The average Bonchev–Trinajstić information content (AvgIpc) is 2.37. The number of carbonyl (C=O) groups is 1. The summed E-state index contributed by atoms with van der Waals surface area (Å²) in [7, 11) is 1.65. The van der Waals surface area contributed by atoms with Crippen molar-refractivity contribution in [3.05, 3.63) is 42.0 Å². The Labute approximate surface area is 102 Å². The molecule has 0 aliphatic heterocycles. The molecule has 1 atom stereocenters. The van der Waals surface area contributed by atoms with Crippen molar-refractivity contribution in [2.45, 2.75) is 13.5 Å². The summed E-state index contributed by atoms with van der Waals surface area (Å²) in [6.45, 7) is 3.19. The Hall–Kier alpha value is -1.61. The molecule has 0 aliphatic rings. The number of allylic oxidation sites excluding steroid dienone is 1. The van der Waals surface area contributed by atoms with Crippen LogP contribution in [0.3, 0.4) is 0 Å². The molecule has 0 saturated carbocycles. The summed E-state index contributed by atoms with van der Waals surface area (Å²) in [5.74, 6) is 1.09. The number of benzene rings is 1. The molecule has 3 nitrogen and oxygen atoms in total. The molecule has 3 heteroatoms. The van der Waals surface area contributed by atoms with Crippen molar-refractivity contribution in [2.24, 2.45) is 5.92 Å². The number of carbonyl (C=O) groups excluding carboxylic acids is 1. The van der Waals surface area contributed by atoms with Gasteiger partial charge >= 0.3 is 0 Å². The van der Waals surface area contributed by atoms with E-state index < -0.39 is 0 Å². The molecule has 1 aromatic carbocycles. The van der Waals surface area contributed by atoms with Gasteiger partial charge in [0.05, 0.1) is 20.3 Å². The fraction of sp³-hybridized carbons (Fsp3) is 0.357. The second-order valence-corrected chi connectivity index (χ2v) is 3.86. The van der Waals surface area contributed by atoms with Crippen molar-refractivity contribution in [1.29, 1.82) is 0 Å². The van der Waals surface area contributed by atoms with Gasteiger partial charge in [0, 0.05) is 0 Å². The Kier molecular flexibility index (Phi) is 6.04. The van der Waals surface area contributed by atoms with Crippen molar-refractivity contribution in [3.63, 3.8) is 0 Å². The zero-order valence-electron chi connectivity index (χ0n) is 10.3. The molecule has 0 N–H and O–H groups in total. The Morgan fingerprint density at radius 3 is 2.59 bits per heavy atom. The molecule has 92 valence electrons. The predicted molar refractivity (Wildman–Crippen MR) is 67.0 cm³/mol. The van der Waals surface area contributed by atoms with Crippen molar-refractivity contribution < 1.29 is 14.3 Å². The van der Waals surface area contributed by atoms with E-state index >= 15 is 0 Å². The predicted octanol–water partition coefficient (Wildman–Crippen LogP) is 2.60. The van der Waals surface area contributed by atoms with E-state index in [4.69, 9.17) is 9.47 Å². The van der Waals surface area contributed by atoms with E-state index in [0.29, 0.717) is 13.2 Å². The van der Waals surface area contributed by atoms with Gasteiger partial charge in [0.25, 0.3) is 0 Å². The highest BCUT2D eigenvalue weighted by atomic mass is 16.5. The number of rotatable bonds is 7. The van der Waals surface area contributed by atoms with Gasteiger partial charge in [-0.3, -0.25) is 4.79 Å². The summed E-state index contributed by atoms with van der Waals surface area (Å²) in [5, 5.41) is 0. The number of hydrogen-bond acceptors (Lipinski definition) is 3. The van der Waals surface area contributed by atoms with Crippen LogP contribution in [0.1, 0.15) is 12.5 Å². The lowest BCUT2D eigenvalue weighted by Gasteiger charge is -2.08. The first-order valence-electron chi connectivity index (χ1n) is 5.59. The Morgan fingerprint density at radius 2 is 2.00 bits per heavy atom. The van der Waals surface area contributed by atoms with Crippen LogP contribution in [0.25, 0.3) is 0 Å². The average molecular weight is 234 g/mol. The van der Waals surface area contributed by atoms with Crippen LogP contribution in [-0.2, 0) is 16.1 Å². The quantitative estimate of drug-likeness (QED) is 0.537. The highest BCUT2D eigenvalue weighted by Gasteiger charge is 1.98. The Morgan fingerprint density at radius 1 is 1.29 bits per heavy atom. The second-order valence-electron chi connectivity index (χ2n) is 3.86. The van der Waals surface area contributed by atoms with Crippen LogP contribution in [-0.4, -0.2) is 20.0 Å². The molecular formula is C14H18O3. The van der Waals surface area contributed by atoms with Crippen molar-refractivity contribution in [3.8, 4) is 5.75 Å². The molecule has 0 saturated heterocycles. The third-order valence-corrected chi connectivity index (χ3v) is 2.33. The fourth-order valence-electron chi connectivity index (χ4n) is 1.38. The van der Waals surface area contributed by atoms with Crippen LogP contribution >= 0.6 is 0 Å². The Bertz CT molecular complexity index is 354. The smallest absolute Gasteiger partial charge is 0.142 e. The molecule has 1 rings (SSSR count). The first kappa shape index (κ1) is 13.5. The van der Waals surface area contributed by atoms with E-state index in [1.54, 1.807) is 7.11 Å². The number of ether oxygens (including phenoxy) is 2. The van der Waals surface area contributed by atoms with Gasteiger partial charge in [0.1, 0.15) is 12.0 Å². The normalized spacial score (nSPS) is 12.6. The van der Waals surface area contributed by atoms with E-state index in [2.05, 4.69) is 0 Å². The molecule has 1 aromatic rings. The van der Waals surface area contributed by atoms with Gasteiger partial charge in [-0.15, -0.1) is 0 Å². The van der Waals surface area contributed by atoms with E-state index in [-0.39, 0.29) is 5.92 Å². The highest BCUT2D eigenvalue weighted by molar-refractivity contribution is 5.64.